The molecule has 27 heavy (non-hydrogen) atoms. The lowest BCUT2D eigenvalue weighted by Crippen LogP contribution is -2.40. The molecule has 0 atom stereocenters. The van der Waals surface area contributed by atoms with E-state index in [1.54, 1.807) is 6.07 Å². The van der Waals surface area contributed by atoms with Gasteiger partial charge in [-0.15, -0.1) is 0 Å². The Hall–Kier alpha value is -3.33. The van der Waals surface area contributed by atoms with E-state index in [2.05, 4.69) is 28.5 Å². The Bertz CT molecular complexity index is 1020. The van der Waals surface area contributed by atoms with Crippen molar-refractivity contribution >= 4 is 22.8 Å². The Labute approximate surface area is 157 Å². The summed E-state index contributed by atoms with van der Waals surface area (Å²) in [6.45, 7) is 3.80. The number of nitriles is 1. The third kappa shape index (κ3) is 3.49. The van der Waals surface area contributed by atoms with Crippen LogP contribution in [0.5, 0.6) is 0 Å². The van der Waals surface area contributed by atoms with E-state index >= 15 is 0 Å². The van der Waals surface area contributed by atoms with Gasteiger partial charge in [0.2, 0.25) is 0 Å². The summed E-state index contributed by atoms with van der Waals surface area (Å²) in [5.74, 6) is 1.23. The maximum Gasteiger partial charge on any atom is 0.323 e. The lowest BCUT2D eigenvalue weighted by atomic mass is 10.00. The van der Waals surface area contributed by atoms with Gasteiger partial charge in [-0.3, -0.25) is 10.4 Å². The molecule has 1 aliphatic heterocycles. The first-order valence-electron chi connectivity index (χ1n) is 9.18. The van der Waals surface area contributed by atoms with Crippen molar-refractivity contribution in [3.63, 3.8) is 0 Å². The van der Waals surface area contributed by atoms with Crippen molar-refractivity contribution in [1.82, 2.24) is 15.1 Å². The molecule has 2 aromatic carbocycles. The van der Waals surface area contributed by atoms with Gasteiger partial charge in [0.05, 0.1) is 17.1 Å². The van der Waals surface area contributed by atoms with Crippen LogP contribution in [0.4, 0.5) is 10.6 Å². The zero-order valence-corrected chi connectivity index (χ0v) is 15.2. The van der Waals surface area contributed by atoms with Gasteiger partial charge < -0.3 is 4.90 Å². The number of fused-ring (bicyclic) bond motifs is 1. The summed E-state index contributed by atoms with van der Waals surface area (Å²) in [4.78, 5) is 14.4. The number of benzene rings is 2. The van der Waals surface area contributed by atoms with Crippen molar-refractivity contribution in [2.75, 3.05) is 18.4 Å². The molecular formula is C21H21N5O. The fourth-order valence-corrected chi connectivity index (χ4v) is 3.45. The van der Waals surface area contributed by atoms with Gasteiger partial charge in [0.15, 0.2) is 5.82 Å². The quantitative estimate of drug-likeness (QED) is 0.713. The Balaban J connectivity index is 1.56. The van der Waals surface area contributed by atoms with Crippen LogP contribution >= 0.6 is 0 Å². The standard InChI is InChI=1S/C21H21N5O/c1-14-7-9-26(10-8-14)21(27)23-20-18-6-5-17(12-19(18)24-25-20)16-4-2-3-15(11-16)13-22/h2-6,11-12,14H,7-10H2,1H3,(H2,23,24,25,27). The van der Waals surface area contributed by atoms with Gasteiger partial charge in [-0.25, -0.2) is 4.79 Å². The highest BCUT2D eigenvalue weighted by Gasteiger charge is 2.21. The number of piperidine rings is 1. The van der Waals surface area contributed by atoms with E-state index in [9.17, 15) is 4.79 Å². The van der Waals surface area contributed by atoms with Gasteiger partial charge in [-0.1, -0.05) is 25.1 Å². The lowest BCUT2D eigenvalue weighted by molar-refractivity contribution is 0.186. The number of rotatable bonds is 2. The molecule has 0 saturated carbocycles. The number of anilines is 1. The van der Waals surface area contributed by atoms with E-state index in [4.69, 9.17) is 5.26 Å². The molecule has 2 heterocycles. The van der Waals surface area contributed by atoms with E-state index in [-0.39, 0.29) is 6.03 Å². The summed E-state index contributed by atoms with van der Waals surface area (Å²) in [6.07, 6.45) is 2.08. The number of likely N-dealkylation sites (tertiary alicyclic amines) is 1. The Morgan fingerprint density at radius 3 is 2.78 bits per heavy atom. The smallest absolute Gasteiger partial charge is 0.323 e. The normalized spacial score (nSPS) is 14.9. The van der Waals surface area contributed by atoms with Crippen molar-refractivity contribution in [2.45, 2.75) is 19.8 Å². The third-order valence-corrected chi connectivity index (χ3v) is 5.18. The van der Waals surface area contributed by atoms with Crippen molar-refractivity contribution in [3.8, 4) is 17.2 Å². The number of nitrogens with one attached hydrogen (secondary N) is 2. The zero-order valence-electron chi connectivity index (χ0n) is 15.2. The summed E-state index contributed by atoms with van der Waals surface area (Å²) in [5, 5.41) is 20.1. The maximum absolute atomic E-state index is 12.5. The third-order valence-electron chi connectivity index (χ3n) is 5.18. The second-order valence-electron chi connectivity index (χ2n) is 7.12. The van der Waals surface area contributed by atoms with Crippen LogP contribution in [0.15, 0.2) is 42.5 Å². The summed E-state index contributed by atoms with van der Waals surface area (Å²) in [5.41, 5.74) is 3.43. The van der Waals surface area contributed by atoms with E-state index in [0.717, 1.165) is 48.0 Å². The fourth-order valence-electron chi connectivity index (χ4n) is 3.45. The van der Waals surface area contributed by atoms with Gasteiger partial charge in [0.1, 0.15) is 0 Å². The molecular weight excluding hydrogens is 338 g/mol. The van der Waals surface area contributed by atoms with Crippen LogP contribution in [0.25, 0.3) is 22.0 Å². The maximum atomic E-state index is 12.5. The number of H-pyrrole nitrogens is 1. The zero-order chi connectivity index (χ0) is 18.8. The van der Waals surface area contributed by atoms with Gasteiger partial charge in [-0.2, -0.15) is 10.4 Å². The number of aromatic amines is 1. The van der Waals surface area contributed by atoms with Crippen molar-refractivity contribution in [2.24, 2.45) is 5.92 Å². The summed E-state index contributed by atoms with van der Waals surface area (Å²) < 4.78 is 0. The van der Waals surface area contributed by atoms with Crippen LogP contribution in [0.2, 0.25) is 0 Å². The van der Waals surface area contributed by atoms with Crippen LogP contribution in [0.3, 0.4) is 0 Å². The van der Waals surface area contributed by atoms with E-state index in [0.29, 0.717) is 17.3 Å². The highest BCUT2D eigenvalue weighted by Crippen LogP contribution is 2.28. The SMILES string of the molecule is CC1CCN(C(=O)Nc2n[nH]c3cc(-c4cccc(C#N)c4)ccc23)CC1. The first kappa shape index (κ1) is 17.1. The first-order chi connectivity index (χ1) is 13.1. The molecule has 4 rings (SSSR count). The van der Waals surface area contributed by atoms with Gasteiger partial charge >= 0.3 is 6.03 Å². The minimum atomic E-state index is -0.0962. The molecule has 1 aliphatic rings. The molecule has 0 spiro atoms. The molecule has 0 aliphatic carbocycles. The molecule has 2 amide bonds. The molecule has 6 nitrogen and oxygen atoms in total. The summed E-state index contributed by atoms with van der Waals surface area (Å²) in [6, 6.07) is 15.5. The number of urea groups is 1. The van der Waals surface area contributed by atoms with Gasteiger partial charge in [0, 0.05) is 18.5 Å². The molecule has 0 unspecified atom stereocenters. The summed E-state index contributed by atoms with van der Waals surface area (Å²) >= 11 is 0. The number of amides is 2. The molecule has 0 bridgehead atoms. The predicted molar refractivity (Wildman–Crippen MR) is 105 cm³/mol. The van der Waals surface area contributed by atoms with Crippen LogP contribution < -0.4 is 5.32 Å². The lowest BCUT2D eigenvalue weighted by Gasteiger charge is -2.30. The van der Waals surface area contributed by atoms with E-state index in [1.165, 1.54) is 0 Å². The van der Waals surface area contributed by atoms with Crippen LogP contribution in [0, 0.1) is 17.2 Å². The monoisotopic (exact) mass is 359 g/mol. The second kappa shape index (κ2) is 7.12. The molecule has 1 aromatic heterocycles. The minimum Gasteiger partial charge on any atom is -0.324 e. The summed E-state index contributed by atoms with van der Waals surface area (Å²) in [7, 11) is 0. The molecule has 2 N–H and O–H groups in total. The second-order valence-corrected chi connectivity index (χ2v) is 7.12. The van der Waals surface area contributed by atoms with Crippen molar-refractivity contribution in [1.29, 1.82) is 5.26 Å². The molecule has 1 fully saturated rings. The molecule has 6 heteroatoms. The number of hydrogen-bond donors (Lipinski definition) is 2. The molecule has 1 saturated heterocycles. The predicted octanol–water partition coefficient (Wildman–Crippen LogP) is 4.37. The number of carbonyl (C=O) groups is 1. The Morgan fingerprint density at radius 2 is 2.00 bits per heavy atom. The Kier molecular flexibility index (Phi) is 4.51. The number of aromatic nitrogens is 2. The van der Waals surface area contributed by atoms with E-state index in [1.807, 2.05) is 41.3 Å². The minimum absolute atomic E-state index is 0.0962. The number of carbonyl (C=O) groups excluding carboxylic acids is 1. The topological polar surface area (TPSA) is 84.8 Å². The fraction of sp³-hybridized carbons (Fsp3) is 0.286. The van der Waals surface area contributed by atoms with Crippen LogP contribution in [-0.2, 0) is 0 Å². The van der Waals surface area contributed by atoms with Crippen LogP contribution in [0.1, 0.15) is 25.3 Å². The Morgan fingerprint density at radius 1 is 1.22 bits per heavy atom. The van der Waals surface area contributed by atoms with Gasteiger partial charge in [-0.05, 0) is 54.2 Å². The van der Waals surface area contributed by atoms with E-state index < -0.39 is 0 Å². The van der Waals surface area contributed by atoms with Crippen molar-refractivity contribution in [3.05, 3.63) is 48.0 Å². The molecule has 0 radical (unpaired) electrons. The first-order valence-corrected chi connectivity index (χ1v) is 9.18. The van der Waals surface area contributed by atoms with Gasteiger partial charge in [0.25, 0.3) is 0 Å². The average molecular weight is 359 g/mol. The highest BCUT2D eigenvalue weighted by atomic mass is 16.2. The van der Waals surface area contributed by atoms with Crippen LogP contribution in [-0.4, -0.2) is 34.2 Å². The van der Waals surface area contributed by atoms with Crippen molar-refractivity contribution < 1.29 is 4.79 Å². The number of hydrogen-bond acceptors (Lipinski definition) is 3. The molecule has 3 aromatic rings. The average Bonchev–Trinajstić information content (AvgIpc) is 3.10. The number of nitrogens with zero attached hydrogens (tertiary/aromatic N) is 3. The largest absolute Gasteiger partial charge is 0.324 e. The molecule has 136 valence electrons. The highest BCUT2D eigenvalue weighted by molar-refractivity contribution is 6.00.